The molecule has 1 aliphatic heterocycles. The van der Waals surface area contributed by atoms with Crippen molar-refractivity contribution in [3.05, 3.63) is 78.0 Å². The highest BCUT2D eigenvalue weighted by Gasteiger charge is 2.34. The molecule has 11 nitrogen and oxygen atoms in total. The minimum atomic E-state index is -0.556. The van der Waals surface area contributed by atoms with Crippen molar-refractivity contribution in [2.24, 2.45) is 0 Å². The average molecular weight is 500 g/mol. The molecule has 0 fully saturated rings. The Morgan fingerprint density at radius 1 is 1.00 bits per heavy atom. The lowest BCUT2D eigenvalue weighted by Crippen LogP contribution is -2.31. The fourth-order valence-corrected chi connectivity index (χ4v) is 4.27. The third kappa shape index (κ3) is 4.42. The Labute approximate surface area is 213 Å². The van der Waals surface area contributed by atoms with Gasteiger partial charge in [0.15, 0.2) is 17.3 Å². The van der Waals surface area contributed by atoms with E-state index in [1.54, 1.807) is 75.1 Å². The van der Waals surface area contributed by atoms with Crippen LogP contribution in [0, 0.1) is 0 Å². The number of nitrogens with one attached hydrogen (secondary N) is 2. The summed E-state index contributed by atoms with van der Waals surface area (Å²) in [6.45, 7) is 1.84. The average Bonchev–Trinajstić information content (AvgIpc) is 3.36. The number of nitrogens with zero attached hydrogens (tertiary/aromatic N) is 5. The first-order valence-corrected chi connectivity index (χ1v) is 11.4. The zero-order chi connectivity index (χ0) is 25.9. The zero-order valence-corrected chi connectivity index (χ0v) is 20.7. The van der Waals surface area contributed by atoms with Gasteiger partial charge >= 0.3 is 0 Å². The SMILES string of the molecule is COc1cc(-c2nc3n(n2)[C@H](c2ccncc2)C(C(=O)Nc2cccnc2)=C(C)N3)cc(OC)c1OC. The molecule has 1 atom stereocenters. The molecule has 0 radical (unpaired) electrons. The Morgan fingerprint density at radius 2 is 1.73 bits per heavy atom. The van der Waals surface area contributed by atoms with Gasteiger partial charge in [0.2, 0.25) is 11.7 Å². The van der Waals surface area contributed by atoms with Gasteiger partial charge in [0, 0.05) is 29.9 Å². The van der Waals surface area contributed by atoms with Crippen molar-refractivity contribution in [2.75, 3.05) is 32.0 Å². The Balaban J connectivity index is 1.61. The van der Waals surface area contributed by atoms with Crippen LogP contribution >= 0.6 is 0 Å². The van der Waals surface area contributed by atoms with Crippen molar-refractivity contribution in [1.29, 1.82) is 0 Å². The Kier molecular flexibility index (Phi) is 6.42. The monoisotopic (exact) mass is 499 g/mol. The molecule has 1 aromatic carbocycles. The van der Waals surface area contributed by atoms with Crippen LogP contribution < -0.4 is 24.8 Å². The molecule has 0 saturated heterocycles. The van der Waals surface area contributed by atoms with Crippen LogP contribution in [-0.4, -0.2) is 52.0 Å². The Hall–Kier alpha value is -4.93. The number of methoxy groups -OCH3 is 3. The molecule has 3 aromatic heterocycles. The number of hydrogen-bond donors (Lipinski definition) is 2. The molecular formula is C26H25N7O4. The van der Waals surface area contributed by atoms with Gasteiger partial charge in [-0.2, -0.15) is 4.98 Å². The van der Waals surface area contributed by atoms with Gasteiger partial charge in [0.1, 0.15) is 6.04 Å². The number of aromatic nitrogens is 5. The van der Waals surface area contributed by atoms with Crippen LogP contribution in [0.25, 0.3) is 11.4 Å². The number of ether oxygens (including phenoxy) is 3. The maximum absolute atomic E-state index is 13.5. The van der Waals surface area contributed by atoms with Gasteiger partial charge in [-0.15, -0.1) is 5.10 Å². The molecule has 4 aromatic rings. The molecule has 0 saturated carbocycles. The van der Waals surface area contributed by atoms with Gasteiger partial charge in [-0.25, -0.2) is 4.68 Å². The summed E-state index contributed by atoms with van der Waals surface area (Å²) in [5.74, 6) is 2.06. The molecule has 1 amide bonds. The van der Waals surface area contributed by atoms with Crippen LogP contribution in [0.15, 0.2) is 72.5 Å². The summed E-state index contributed by atoms with van der Waals surface area (Å²) < 4.78 is 18.1. The summed E-state index contributed by atoms with van der Waals surface area (Å²) in [6, 6.07) is 10.2. The molecule has 4 heterocycles. The van der Waals surface area contributed by atoms with Crippen molar-refractivity contribution in [3.63, 3.8) is 0 Å². The lowest BCUT2D eigenvalue weighted by atomic mass is 9.96. The maximum Gasteiger partial charge on any atom is 0.255 e. The second kappa shape index (κ2) is 9.97. The van der Waals surface area contributed by atoms with E-state index in [9.17, 15) is 4.79 Å². The van der Waals surface area contributed by atoms with E-state index in [-0.39, 0.29) is 5.91 Å². The molecule has 2 N–H and O–H groups in total. The second-order valence-corrected chi connectivity index (χ2v) is 8.16. The number of rotatable bonds is 7. The van der Waals surface area contributed by atoms with E-state index in [0.717, 1.165) is 5.56 Å². The first kappa shape index (κ1) is 23.8. The van der Waals surface area contributed by atoms with E-state index in [2.05, 4.69) is 20.6 Å². The summed E-state index contributed by atoms with van der Waals surface area (Å²) in [4.78, 5) is 26.5. The van der Waals surface area contributed by atoms with Gasteiger partial charge in [-0.3, -0.25) is 14.8 Å². The summed E-state index contributed by atoms with van der Waals surface area (Å²) >= 11 is 0. The summed E-state index contributed by atoms with van der Waals surface area (Å²) in [6.07, 6.45) is 6.60. The number of fused-ring (bicyclic) bond motifs is 1. The number of amides is 1. The van der Waals surface area contributed by atoms with E-state index in [0.29, 0.717) is 51.5 Å². The summed E-state index contributed by atoms with van der Waals surface area (Å²) in [5, 5.41) is 11.0. The molecule has 37 heavy (non-hydrogen) atoms. The number of allylic oxidation sites excluding steroid dienone is 1. The lowest BCUT2D eigenvalue weighted by molar-refractivity contribution is -0.113. The van der Waals surface area contributed by atoms with Crippen LogP contribution in [0.4, 0.5) is 11.6 Å². The highest BCUT2D eigenvalue weighted by molar-refractivity contribution is 6.05. The fourth-order valence-electron chi connectivity index (χ4n) is 4.27. The van der Waals surface area contributed by atoms with Crippen LogP contribution in [0.1, 0.15) is 18.5 Å². The van der Waals surface area contributed by atoms with E-state index in [4.69, 9.17) is 24.3 Å². The van der Waals surface area contributed by atoms with Crippen LogP contribution in [-0.2, 0) is 4.79 Å². The summed E-state index contributed by atoms with van der Waals surface area (Å²) in [5.41, 5.74) is 3.22. The molecule has 0 unspecified atom stereocenters. The van der Waals surface area contributed by atoms with Crippen molar-refractivity contribution in [3.8, 4) is 28.6 Å². The van der Waals surface area contributed by atoms with E-state index < -0.39 is 6.04 Å². The van der Waals surface area contributed by atoms with Crippen molar-refractivity contribution in [1.82, 2.24) is 24.7 Å². The predicted molar refractivity (Wildman–Crippen MR) is 137 cm³/mol. The quantitative estimate of drug-likeness (QED) is 0.392. The Morgan fingerprint density at radius 3 is 2.35 bits per heavy atom. The minimum absolute atomic E-state index is 0.282. The third-order valence-electron chi connectivity index (χ3n) is 5.96. The number of carbonyl (C=O) groups excluding carboxylic acids is 1. The lowest BCUT2D eigenvalue weighted by Gasteiger charge is -2.28. The van der Waals surface area contributed by atoms with Crippen LogP contribution in [0.5, 0.6) is 17.2 Å². The Bertz CT molecular complexity index is 1440. The number of anilines is 2. The minimum Gasteiger partial charge on any atom is -0.493 e. The second-order valence-electron chi connectivity index (χ2n) is 8.16. The maximum atomic E-state index is 13.5. The highest BCUT2D eigenvalue weighted by Crippen LogP contribution is 2.42. The normalized spacial score (nSPS) is 14.4. The largest absolute Gasteiger partial charge is 0.493 e. The molecule has 11 heteroatoms. The van der Waals surface area contributed by atoms with Crippen molar-refractivity contribution >= 4 is 17.5 Å². The van der Waals surface area contributed by atoms with Crippen LogP contribution in [0.2, 0.25) is 0 Å². The molecule has 5 rings (SSSR count). The predicted octanol–water partition coefficient (Wildman–Crippen LogP) is 3.69. The highest BCUT2D eigenvalue weighted by atomic mass is 16.5. The standard InChI is InChI=1S/C26H25N7O4/c1-15-21(25(34)30-18-6-5-9-28-14-18)22(16-7-10-27-11-8-16)33-26(29-15)31-24(32-33)17-12-19(35-2)23(37-4)20(13-17)36-3/h5-14,22H,1-4H3,(H,30,34)(H,29,31,32)/t22-/m1/s1. The zero-order valence-electron chi connectivity index (χ0n) is 20.7. The van der Waals surface area contributed by atoms with E-state index in [1.807, 2.05) is 19.1 Å². The first-order chi connectivity index (χ1) is 18.0. The summed E-state index contributed by atoms with van der Waals surface area (Å²) in [7, 11) is 4.64. The number of benzene rings is 1. The third-order valence-corrected chi connectivity index (χ3v) is 5.96. The topological polar surface area (TPSA) is 125 Å². The molecule has 188 valence electrons. The smallest absolute Gasteiger partial charge is 0.255 e. The van der Waals surface area contributed by atoms with E-state index in [1.165, 1.54) is 0 Å². The van der Waals surface area contributed by atoms with Crippen molar-refractivity contribution < 1.29 is 19.0 Å². The molecule has 0 spiro atoms. The molecule has 0 aliphatic carbocycles. The number of pyridine rings is 2. The van der Waals surface area contributed by atoms with Gasteiger partial charge in [-0.05, 0) is 48.9 Å². The van der Waals surface area contributed by atoms with Crippen molar-refractivity contribution in [2.45, 2.75) is 13.0 Å². The molecular weight excluding hydrogens is 474 g/mol. The van der Waals surface area contributed by atoms with Gasteiger partial charge < -0.3 is 24.8 Å². The van der Waals surface area contributed by atoms with Gasteiger partial charge in [-0.1, -0.05) is 0 Å². The number of carbonyl (C=O) groups is 1. The first-order valence-electron chi connectivity index (χ1n) is 11.4. The fraction of sp³-hybridized carbons (Fsp3) is 0.192. The van der Waals surface area contributed by atoms with Crippen LogP contribution in [0.3, 0.4) is 0 Å². The van der Waals surface area contributed by atoms with E-state index >= 15 is 0 Å². The molecule has 1 aliphatic rings. The van der Waals surface area contributed by atoms with Gasteiger partial charge in [0.25, 0.3) is 5.91 Å². The van der Waals surface area contributed by atoms with Gasteiger partial charge in [0.05, 0.1) is 38.8 Å². The number of hydrogen-bond acceptors (Lipinski definition) is 9. The molecule has 0 bridgehead atoms.